The van der Waals surface area contributed by atoms with E-state index in [4.69, 9.17) is 21.7 Å². The number of rotatable bonds is 3. The summed E-state index contributed by atoms with van der Waals surface area (Å²) in [4.78, 5) is 24.7. The van der Waals surface area contributed by atoms with Crippen LogP contribution in [0.1, 0.15) is 12.5 Å². The van der Waals surface area contributed by atoms with Crippen LogP contribution in [0.4, 0.5) is 5.69 Å². The molecule has 2 aliphatic heterocycles. The summed E-state index contributed by atoms with van der Waals surface area (Å²) in [7, 11) is 0. The minimum Gasteiger partial charge on any atom is -0.454 e. The van der Waals surface area contributed by atoms with E-state index < -0.39 is 4.92 Å². The minimum absolute atomic E-state index is 0.0217. The molecule has 1 aromatic rings. The fraction of sp³-hybridized carbons (Fsp3) is 0.231. The van der Waals surface area contributed by atoms with E-state index in [1.54, 1.807) is 0 Å². The van der Waals surface area contributed by atoms with Crippen molar-refractivity contribution in [3.8, 4) is 11.5 Å². The molecule has 0 saturated carbocycles. The highest BCUT2D eigenvalue weighted by Gasteiger charge is 2.32. The van der Waals surface area contributed by atoms with Gasteiger partial charge in [-0.05, 0) is 19.1 Å². The number of likely N-dealkylation sites (N-methyl/N-ethyl adjacent to an activating group) is 1. The van der Waals surface area contributed by atoms with Crippen molar-refractivity contribution in [1.82, 2.24) is 4.90 Å². The molecule has 0 unspecified atom stereocenters. The number of fused-ring (bicyclic) bond motifs is 1. The van der Waals surface area contributed by atoms with Crippen LogP contribution in [0.3, 0.4) is 0 Å². The fourth-order valence-electron chi connectivity index (χ4n) is 2.13. The average Bonchev–Trinajstić information content (AvgIpc) is 3.02. The summed E-state index contributed by atoms with van der Waals surface area (Å²) < 4.78 is 10.8. The maximum absolute atomic E-state index is 12.2. The Kier molecular flexibility index (Phi) is 3.75. The number of amides is 1. The lowest BCUT2D eigenvalue weighted by molar-refractivity contribution is -0.385. The van der Waals surface area contributed by atoms with E-state index in [2.05, 4.69) is 0 Å². The lowest BCUT2D eigenvalue weighted by Gasteiger charge is -2.09. The Labute approximate surface area is 135 Å². The predicted octanol–water partition coefficient (Wildman–Crippen LogP) is 2.54. The summed E-state index contributed by atoms with van der Waals surface area (Å²) >= 11 is 6.25. The van der Waals surface area contributed by atoms with Gasteiger partial charge in [-0.1, -0.05) is 24.0 Å². The first-order valence-electron chi connectivity index (χ1n) is 6.34. The third kappa shape index (κ3) is 2.42. The van der Waals surface area contributed by atoms with Gasteiger partial charge in [-0.25, -0.2) is 0 Å². The van der Waals surface area contributed by atoms with Crippen LogP contribution in [-0.2, 0) is 4.79 Å². The molecule has 7 nitrogen and oxygen atoms in total. The summed E-state index contributed by atoms with van der Waals surface area (Å²) in [5, 5.41) is 11.2. The highest BCUT2D eigenvalue weighted by atomic mass is 32.2. The molecule has 0 bridgehead atoms. The number of nitro groups is 1. The van der Waals surface area contributed by atoms with Crippen LogP contribution in [0.15, 0.2) is 17.0 Å². The Bertz CT molecular complexity index is 731. The Morgan fingerprint density at radius 2 is 2.14 bits per heavy atom. The van der Waals surface area contributed by atoms with Crippen LogP contribution < -0.4 is 9.47 Å². The van der Waals surface area contributed by atoms with Crippen molar-refractivity contribution in [3.63, 3.8) is 0 Å². The van der Waals surface area contributed by atoms with E-state index in [1.807, 2.05) is 6.92 Å². The van der Waals surface area contributed by atoms with Crippen LogP contribution in [0.5, 0.6) is 11.5 Å². The molecule has 0 radical (unpaired) electrons. The molecule has 1 amide bonds. The van der Waals surface area contributed by atoms with Crippen LogP contribution in [-0.4, -0.2) is 33.4 Å². The molecule has 9 heteroatoms. The molecule has 0 atom stereocenters. The second-order valence-corrected chi connectivity index (χ2v) is 6.12. The number of thioether (sulfide) groups is 1. The summed E-state index contributed by atoms with van der Waals surface area (Å²) in [5.74, 6) is 0.497. The van der Waals surface area contributed by atoms with E-state index in [0.717, 1.165) is 11.8 Å². The number of nitrogens with zero attached hydrogens (tertiary/aromatic N) is 2. The predicted molar refractivity (Wildman–Crippen MR) is 84.8 cm³/mol. The van der Waals surface area contributed by atoms with Crippen molar-refractivity contribution in [2.45, 2.75) is 6.92 Å². The lowest BCUT2D eigenvalue weighted by Crippen LogP contribution is -2.27. The number of hydrogen-bond donors (Lipinski definition) is 0. The van der Waals surface area contributed by atoms with Gasteiger partial charge in [0.25, 0.3) is 11.6 Å². The van der Waals surface area contributed by atoms with Gasteiger partial charge in [0.2, 0.25) is 6.79 Å². The summed E-state index contributed by atoms with van der Waals surface area (Å²) in [6, 6.07) is 2.80. The largest absolute Gasteiger partial charge is 0.454 e. The molecule has 2 aliphatic rings. The molecule has 0 N–H and O–H groups in total. The van der Waals surface area contributed by atoms with E-state index >= 15 is 0 Å². The van der Waals surface area contributed by atoms with Crippen molar-refractivity contribution in [1.29, 1.82) is 0 Å². The zero-order chi connectivity index (χ0) is 15.9. The number of benzene rings is 1. The Morgan fingerprint density at radius 1 is 1.45 bits per heavy atom. The molecule has 2 heterocycles. The summed E-state index contributed by atoms with van der Waals surface area (Å²) in [5.41, 5.74) is 0.136. The van der Waals surface area contributed by atoms with Crippen LogP contribution in [0.2, 0.25) is 0 Å². The first kappa shape index (κ1) is 14.8. The van der Waals surface area contributed by atoms with Gasteiger partial charge in [0, 0.05) is 6.54 Å². The molecular formula is C13H10N2O5S2. The highest BCUT2D eigenvalue weighted by molar-refractivity contribution is 8.26. The third-order valence-corrected chi connectivity index (χ3v) is 4.57. The Hall–Kier alpha value is -2.13. The first-order valence-corrected chi connectivity index (χ1v) is 7.57. The van der Waals surface area contributed by atoms with Crippen molar-refractivity contribution in [2.75, 3.05) is 13.3 Å². The third-order valence-electron chi connectivity index (χ3n) is 3.19. The standard InChI is InChI=1S/C13H10N2O5S2/c1-2-14-12(16)11(22-13(14)21)4-7-3-9-10(20-6-19-9)5-8(7)15(17)18/h3-5H,2,6H2,1H3. The topological polar surface area (TPSA) is 81.9 Å². The normalized spacial score (nSPS) is 18.4. The van der Waals surface area contributed by atoms with Gasteiger partial charge < -0.3 is 9.47 Å². The monoisotopic (exact) mass is 338 g/mol. The molecule has 114 valence electrons. The van der Waals surface area contributed by atoms with Gasteiger partial charge >= 0.3 is 0 Å². The molecular weight excluding hydrogens is 328 g/mol. The smallest absolute Gasteiger partial charge is 0.280 e. The molecule has 0 aromatic heterocycles. The minimum atomic E-state index is -0.519. The molecule has 0 spiro atoms. The van der Waals surface area contributed by atoms with Crippen molar-refractivity contribution in [2.24, 2.45) is 0 Å². The number of hydrogen-bond acceptors (Lipinski definition) is 7. The molecule has 0 aliphatic carbocycles. The van der Waals surface area contributed by atoms with Gasteiger partial charge in [0.1, 0.15) is 4.32 Å². The summed E-state index contributed by atoms with van der Waals surface area (Å²) in [6.07, 6.45) is 1.47. The zero-order valence-electron chi connectivity index (χ0n) is 11.4. The zero-order valence-corrected chi connectivity index (χ0v) is 13.0. The van der Waals surface area contributed by atoms with Crippen LogP contribution in [0.25, 0.3) is 6.08 Å². The van der Waals surface area contributed by atoms with Crippen molar-refractivity contribution >= 4 is 46.0 Å². The number of ether oxygens (including phenoxy) is 2. The van der Waals surface area contributed by atoms with E-state index in [9.17, 15) is 14.9 Å². The summed E-state index contributed by atoms with van der Waals surface area (Å²) in [6.45, 7) is 2.30. The fourth-order valence-corrected chi connectivity index (χ4v) is 3.51. The van der Waals surface area contributed by atoms with Gasteiger partial charge in [0.05, 0.1) is 21.5 Å². The van der Waals surface area contributed by atoms with Gasteiger partial charge in [0.15, 0.2) is 11.5 Å². The molecule has 1 aromatic carbocycles. The van der Waals surface area contributed by atoms with E-state index in [0.29, 0.717) is 27.3 Å². The van der Waals surface area contributed by atoms with Gasteiger partial charge in [-0.2, -0.15) is 0 Å². The van der Waals surface area contributed by atoms with Gasteiger partial charge in [-0.3, -0.25) is 19.8 Å². The molecule has 1 saturated heterocycles. The second-order valence-electron chi connectivity index (χ2n) is 4.45. The Morgan fingerprint density at radius 3 is 2.73 bits per heavy atom. The lowest BCUT2D eigenvalue weighted by atomic mass is 10.1. The number of nitro benzene ring substituents is 1. The van der Waals surface area contributed by atoms with Crippen LogP contribution in [0, 0.1) is 10.1 Å². The SMILES string of the molecule is CCN1C(=O)C(=Cc2cc3c(cc2[N+](=O)[O-])OCO3)SC1=S. The number of carbonyl (C=O) groups excluding carboxylic acids is 1. The maximum atomic E-state index is 12.2. The molecule has 1 fully saturated rings. The Balaban J connectivity index is 2.05. The molecule has 22 heavy (non-hydrogen) atoms. The number of carbonyl (C=O) groups is 1. The highest BCUT2D eigenvalue weighted by Crippen LogP contribution is 2.40. The maximum Gasteiger partial charge on any atom is 0.280 e. The van der Waals surface area contributed by atoms with Gasteiger partial charge in [-0.15, -0.1) is 0 Å². The number of thiocarbonyl (C=S) groups is 1. The second kappa shape index (κ2) is 5.58. The molecule has 3 rings (SSSR count). The van der Waals surface area contributed by atoms with E-state index in [1.165, 1.54) is 23.1 Å². The first-order chi connectivity index (χ1) is 10.5. The van der Waals surface area contributed by atoms with Crippen molar-refractivity contribution in [3.05, 3.63) is 32.7 Å². The average molecular weight is 338 g/mol. The van der Waals surface area contributed by atoms with E-state index in [-0.39, 0.29) is 24.0 Å². The van der Waals surface area contributed by atoms with Crippen molar-refractivity contribution < 1.29 is 19.2 Å². The van der Waals surface area contributed by atoms with Crippen LogP contribution >= 0.6 is 24.0 Å². The quantitative estimate of drug-likeness (QED) is 0.362.